The number of nitrogens with zero attached hydrogens (tertiary/aromatic N) is 1. The number of ether oxygens (including phenoxy) is 2. The largest absolute Gasteiger partial charge is 0.497 e. The molecule has 0 aliphatic carbocycles. The Morgan fingerprint density at radius 1 is 1.43 bits per heavy atom. The summed E-state index contributed by atoms with van der Waals surface area (Å²) < 4.78 is 10.5. The second-order valence-corrected chi connectivity index (χ2v) is 5.03. The van der Waals surface area contributed by atoms with Crippen LogP contribution in [0.25, 0.3) is 0 Å². The lowest BCUT2D eigenvalue weighted by molar-refractivity contribution is -0.131. The predicted molar refractivity (Wildman–Crippen MR) is 83.9 cm³/mol. The van der Waals surface area contributed by atoms with Crippen LogP contribution in [0.3, 0.4) is 0 Å². The van der Waals surface area contributed by atoms with Gasteiger partial charge in [0.1, 0.15) is 5.75 Å². The van der Waals surface area contributed by atoms with Gasteiger partial charge in [-0.1, -0.05) is 12.1 Å². The van der Waals surface area contributed by atoms with Crippen molar-refractivity contribution in [1.82, 2.24) is 10.2 Å². The van der Waals surface area contributed by atoms with Crippen molar-refractivity contribution in [2.75, 3.05) is 33.9 Å². The molecule has 0 radical (unpaired) electrons. The molecule has 1 aromatic carbocycles. The van der Waals surface area contributed by atoms with Crippen LogP contribution in [-0.4, -0.2) is 50.8 Å². The Morgan fingerprint density at radius 2 is 2.14 bits per heavy atom. The highest BCUT2D eigenvalue weighted by molar-refractivity contribution is 5.85. The van der Waals surface area contributed by atoms with E-state index in [0.717, 1.165) is 24.5 Å². The molecule has 1 heterocycles. The van der Waals surface area contributed by atoms with Gasteiger partial charge in [0, 0.05) is 32.6 Å². The van der Waals surface area contributed by atoms with E-state index >= 15 is 0 Å². The van der Waals surface area contributed by atoms with E-state index in [9.17, 15) is 4.79 Å². The molecular formula is C15H23ClN2O3. The van der Waals surface area contributed by atoms with Crippen LogP contribution in [0.1, 0.15) is 12.0 Å². The summed E-state index contributed by atoms with van der Waals surface area (Å²) in [6, 6.07) is 7.90. The van der Waals surface area contributed by atoms with Crippen molar-refractivity contribution in [3.8, 4) is 5.75 Å². The van der Waals surface area contributed by atoms with Crippen LogP contribution in [0.4, 0.5) is 0 Å². The van der Waals surface area contributed by atoms with Crippen LogP contribution in [0.5, 0.6) is 5.75 Å². The van der Waals surface area contributed by atoms with Crippen LogP contribution < -0.4 is 10.1 Å². The van der Waals surface area contributed by atoms with Gasteiger partial charge in [-0.05, 0) is 17.7 Å². The van der Waals surface area contributed by atoms with Crippen molar-refractivity contribution < 1.29 is 14.3 Å². The zero-order chi connectivity index (χ0) is 14.4. The maximum absolute atomic E-state index is 12.1. The van der Waals surface area contributed by atoms with Gasteiger partial charge < -0.3 is 19.7 Å². The van der Waals surface area contributed by atoms with Crippen LogP contribution in [0.15, 0.2) is 24.3 Å². The summed E-state index contributed by atoms with van der Waals surface area (Å²) in [5, 5.41) is 3.29. The Bertz CT molecular complexity index is 433. The fourth-order valence-corrected chi connectivity index (χ4v) is 2.21. The topological polar surface area (TPSA) is 50.8 Å². The molecule has 21 heavy (non-hydrogen) atoms. The first-order valence-electron chi connectivity index (χ1n) is 6.87. The Balaban J connectivity index is 0.00000220. The van der Waals surface area contributed by atoms with Gasteiger partial charge in [0.2, 0.25) is 5.91 Å². The maximum atomic E-state index is 12.1. The molecule has 0 spiro atoms. The average molecular weight is 315 g/mol. The predicted octanol–water partition coefficient (Wildman–Crippen LogP) is 1.45. The molecule has 1 saturated heterocycles. The molecule has 5 nitrogen and oxygen atoms in total. The van der Waals surface area contributed by atoms with Crippen molar-refractivity contribution in [3.63, 3.8) is 0 Å². The minimum absolute atomic E-state index is 0. The minimum Gasteiger partial charge on any atom is -0.497 e. The molecule has 1 aliphatic heterocycles. The Morgan fingerprint density at radius 3 is 2.71 bits per heavy atom. The average Bonchev–Trinajstić information content (AvgIpc) is 2.49. The van der Waals surface area contributed by atoms with E-state index < -0.39 is 0 Å². The van der Waals surface area contributed by atoms with E-state index in [-0.39, 0.29) is 24.4 Å². The lowest BCUT2D eigenvalue weighted by Gasteiger charge is -2.25. The fourth-order valence-electron chi connectivity index (χ4n) is 2.21. The van der Waals surface area contributed by atoms with Gasteiger partial charge in [0.25, 0.3) is 0 Å². The zero-order valence-corrected chi connectivity index (χ0v) is 13.3. The molecule has 1 aromatic rings. The molecule has 1 unspecified atom stereocenters. The normalized spacial score (nSPS) is 17.7. The van der Waals surface area contributed by atoms with Gasteiger partial charge in [0.15, 0.2) is 0 Å². The quantitative estimate of drug-likeness (QED) is 0.894. The number of carbonyl (C=O) groups is 1. The van der Waals surface area contributed by atoms with E-state index in [1.54, 1.807) is 12.0 Å². The third-order valence-corrected chi connectivity index (χ3v) is 3.42. The first-order chi connectivity index (χ1) is 9.69. The lowest BCUT2D eigenvalue weighted by atomic mass is 10.1. The Hall–Kier alpha value is -1.30. The van der Waals surface area contributed by atoms with Crippen molar-refractivity contribution >= 4 is 18.3 Å². The van der Waals surface area contributed by atoms with Gasteiger partial charge in [0.05, 0.1) is 20.3 Å². The number of rotatable bonds is 5. The molecule has 1 fully saturated rings. The zero-order valence-electron chi connectivity index (χ0n) is 12.5. The summed E-state index contributed by atoms with van der Waals surface area (Å²) in [6.07, 6.45) is 0.479. The molecule has 1 N–H and O–H groups in total. The summed E-state index contributed by atoms with van der Waals surface area (Å²) in [4.78, 5) is 13.9. The number of nitrogens with one attached hydrogen (secondary N) is 1. The number of carbonyl (C=O) groups excluding carboxylic acids is 1. The number of benzene rings is 1. The monoisotopic (exact) mass is 314 g/mol. The number of hydrogen-bond donors (Lipinski definition) is 1. The lowest BCUT2D eigenvalue weighted by Crippen LogP contribution is -2.44. The third kappa shape index (κ3) is 5.53. The standard InChI is InChI=1S/C15H22N2O3.ClH/c1-17(10-12-3-5-14(19-2)6-4-12)15(18)9-13-11-20-8-7-16-13;/h3-6,13,16H,7-11H2,1-2H3;1H. The van der Waals surface area contributed by atoms with Crippen molar-refractivity contribution in [2.24, 2.45) is 0 Å². The van der Waals surface area contributed by atoms with Crippen molar-refractivity contribution in [3.05, 3.63) is 29.8 Å². The molecule has 0 saturated carbocycles. The van der Waals surface area contributed by atoms with E-state index in [1.165, 1.54) is 0 Å². The molecule has 0 aromatic heterocycles. The van der Waals surface area contributed by atoms with E-state index in [1.807, 2.05) is 31.3 Å². The van der Waals surface area contributed by atoms with Crippen molar-refractivity contribution in [1.29, 1.82) is 0 Å². The minimum atomic E-state index is 0. The summed E-state index contributed by atoms with van der Waals surface area (Å²) in [7, 11) is 3.47. The summed E-state index contributed by atoms with van der Waals surface area (Å²) in [5.41, 5.74) is 1.09. The number of halogens is 1. The van der Waals surface area contributed by atoms with Crippen LogP contribution in [0.2, 0.25) is 0 Å². The highest BCUT2D eigenvalue weighted by atomic mass is 35.5. The SMILES string of the molecule is COc1ccc(CN(C)C(=O)CC2COCCN2)cc1.Cl. The Kier molecular flexibility index (Phi) is 7.50. The van der Waals surface area contributed by atoms with Crippen LogP contribution in [-0.2, 0) is 16.1 Å². The number of amides is 1. The molecule has 1 aliphatic rings. The second-order valence-electron chi connectivity index (χ2n) is 5.03. The number of hydrogen-bond acceptors (Lipinski definition) is 4. The summed E-state index contributed by atoms with van der Waals surface area (Å²) in [5.74, 6) is 0.954. The fraction of sp³-hybridized carbons (Fsp3) is 0.533. The smallest absolute Gasteiger partial charge is 0.224 e. The van der Waals surface area contributed by atoms with Crippen molar-refractivity contribution in [2.45, 2.75) is 19.0 Å². The van der Waals surface area contributed by atoms with Gasteiger partial charge in [-0.3, -0.25) is 4.79 Å². The third-order valence-electron chi connectivity index (χ3n) is 3.42. The first kappa shape index (κ1) is 17.8. The molecule has 6 heteroatoms. The van der Waals surface area contributed by atoms with E-state index in [4.69, 9.17) is 9.47 Å². The summed E-state index contributed by atoms with van der Waals surface area (Å²) >= 11 is 0. The first-order valence-corrected chi connectivity index (χ1v) is 6.87. The molecule has 2 rings (SSSR count). The van der Waals surface area contributed by atoms with Gasteiger partial charge in [-0.15, -0.1) is 12.4 Å². The van der Waals surface area contributed by atoms with Gasteiger partial charge >= 0.3 is 0 Å². The highest BCUT2D eigenvalue weighted by Crippen LogP contribution is 2.13. The molecule has 118 valence electrons. The molecule has 1 atom stereocenters. The molecular weight excluding hydrogens is 292 g/mol. The summed E-state index contributed by atoms with van der Waals surface area (Å²) in [6.45, 7) is 2.77. The highest BCUT2D eigenvalue weighted by Gasteiger charge is 2.19. The number of morpholine rings is 1. The van der Waals surface area contributed by atoms with E-state index in [0.29, 0.717) is 19.6 Å². The van der Waals surface area contributed by atoms with Gasteiger partial charge in [-0.25, -0.2) is 0 Å². The second kappa shape index (κ2) is 8.87. The Labute approximate surface area is 132 Å². The number of methoxy groups -OCH3 is 1. The van der Waals surface area contributed by atoms with Crippen LogP contribution in [0, 0.1) is 0 Å². The van der Waals surface area contributed by atoms with E-state index in [2.05, 4.69) is 5.32 Å². The van der Waals surface area contributed by atoms with Gasteiger partial charge in [-0.2, -0.15) is 0 Å². The maximum Gasteiger partial charge on any atom is 0.224 e. The van der Waals surface area contributed by atoms with Crippen LogP contribution >= 0.6 is 12.4 Å². The molecule has 1 amide bonds. The molecule has 0 bridgehead atoms.